The van der Waals surface area contributed by atoms with Gasteiger partial charge in [-0.25, -0.2) is 9.78 Å². The molecule has 0 spiro atoms. The number of imidazole rings is 1. The van der Waals surface area contributed by atoms with E-state index >= 15 is 0 Å². The van der Waals surface area contributed by atoms with Crippen molar-refractivity contribution in [2.75, 3.05) is 7.11 Å². The standard InChI is InChI=1S/C20H24N2O4/c1-14(15-6-4-3-5-7-15)22-13-21-12-18(22)20(24)26-17-10-8-16(9-11-17)19(23)25-2/h3-7,12-14,16-17H,8-11H2,1-2H3/t14-,16?,17?/m1/s1. The first-order chi connectivity index (χ1) is 12.6. The highest BCUT2D eigenvalue weighted by atomic mass is 16.5. The van der Waals surface area contributed by atoms with Crippen molar-refractivity contribution in [2.45, 2.75) is 44.8 Å². The third-order valence-corrected chi connectivity index (χ3v) is 5.06. The molecule has 0 radical (unpaired) electrons. The average molecular weight is 356 g/mol. The second-order valence-corrected chi connectivity index (χ2v) is 6.67. The van der Waals surface area contributed by atoms with E-state index in [4.69, 9.17) is 9.47 Å². The van der Waals surface area contributed by atoms with Gasteiger partial charge < -0.3 is 14.0 Å². The van der Waals surface area contributed by atoms with Gasteiger partial charge in [-0.3, -0.25) is 4.79 Å². The van der Waals surface area contributed by atoms with E-state index in [0.29, 0.717) is 31.4 Å². The SMILES string of the molecule is COC(=O)C1CCC(OC(=O)c2cncn2[C@H](C)c2ccccc2)CC1. The molecule has 1 aromatic carbocycles. The molecule has 2 aromatic rings. The van der Waals surface area contributed by atoms with Gasteiger partial charge in [-0.05, 0) is 38.2 Å². The number of carbonyl (C=O) groups is 2. The van der Waals surface area contributed by atoms with Gasteiger partial charge in [0.15, 0.2) is 0 Å². The summed E-state index contributed by atoms with van der Waals surface area (Å²) < 4.78 is 12.3. The zero-order valence-electron chi connectivity index (χ0n) is 15.1. The second kappa shape index (κ2) is 8.17. The smallest absolute Gasteiger partial charge is 0.356 e. The fraction of sp³-hybridized carbons (Fsp3) is 0.450. The molecule has 0 aliphatic heterocycles. The number of methoxy groups -OCH3 is 1. The van der Waals surface area contributed by atoms with Crippen LogP contribution in [0.3, 0.4) is 0 Å². The molecule has 0 unspecified atom stereocenters. The highest BCUT2D eigenvalue weighted by Gasteiger charge is 2.30. The van der Waals surface area contributed by atoms with Crippen molar-refractivity contribution in [3.63, 3.8) is 0 Å². The van der Waals surface area contributed by atoms with Gasteiger partial charge in [0.25, 0.3) is 0 Å². The van der Waals surface area contributed by atoms with E-state index < -0.39 is 0 Å². The number of ether oxygens (including phenoxy) is 2. The van der Waals surface area contributed by atoms with Crippen LogP contribution in [0.5, 0.6) is 0 Å². The summed E-state index contributed by atoms with van der Waals surface area (Å²) in [6, 6.07) is 9.93. The molecule has 1 heterocycles. The minimum Gasteiger partial charge on any atom is -0.469 e. The Morgan fingerprint density at radius 1 is 1.15 bits per heavy atom. The summed E-state index contributed by atoms with van der Waals surface area (Å²) >= 11 is 0. The van der Waals surface area contributed by atoms with Crippen molar-refractivity contribution in [2.24, 2.45) is 5.92 Å². The normalized spacial score (nSPS) is 21.0. The van der Waals surface area contributed by atoms with E-state index in [-0.39, 0.29) is 30.0 Å². The molecular formula is C20H24N2O4. The lowest BCUT2D eigenvalue weighted by atomic mass is 9.87. The number of aromatic nitrogens is 2. The summed E-state index contributed by atoms with van der Waals surface area (Å²) in [6.07, 6.45) is 5.75. The van der Waals surface area contributed by atoms with Gasteiger partial charge in [0, 0.05) is 0 Å². The van der Waals surface area contributed by atoms with E-state index in [1.807, 2.05) is 41.8 Å². The van der Waals surface area contributed by atoms with Gasteiger partial charge in [-0.2, -0.15) is 0 Å². The maximum atomic E-state index is 12.6. The van der Waals surface area contributed by atoms with Crippen molar-refractivity contribution in [3.05, 3.63) is 54.1 Å². The van der Waals surface area contributed by atoms with Crippen LogP contribution in [-0.2, 0) is 14.3 Å². The molecule has 1 aliphatic rings. The van der Waals surface area contributed by atoms with Gasteiger partial charge in [-0.1, -0.05) is 30.3 Å². The summed E-state index contributed by atoms with van der Waals surface area (Å²) in [7, 11) is 1.41. The maximum Gasteiger partial charge on any atom is 0.356 e. The van der Waals surface area contributed by atoms with Crippen molar-refractivity contribution < 1.29 is 19.1 Å². The van der Waals surface area contributed by atoms with Crippen LogP contribution in [0.25, 0.3) is 0 Å². The van der Waals surface area contributed by atoms with E-state index in [0.717, 1.165) is 5.56 Å². The van der Waals surface area contributed by atoms with Crippen LogP contribution in [0.15, 0.2) is 42.9 Å². The highest BCUT2D eigenvalue weighted by molar-refractivity contribution is 5.87. The Morgan fingerprint density at radius 3 is 2.50 bits per heavy atom. The van der Waals surface area contributed by atoms with Crippen LogP contribution in [0.2, 0.25) is 0 Å². The highest BCUT2D eigenvalue weighted by Crippen LogP contribution is 2.28. The number of esters is 2. The Hall–Kier alpha value is -2.63. The summed E-state index contributed by atoms with van der Waals surface area (Å²) in [5, 5.41) is 0. The Kier molecular flexibility index (Phi) is 5.71. The van der Waals surface area contributed by atoms with Crippen LogP contribution in [0.4, 0.5) is 0 Å². The van der Waals surface area contributed by atoms with Gasteiger partial charge in [0.2, 0.25) is 0 Å². The fourth-order valence-electron chi connectivity index (χ4n) is 3.46. The van der Waals surface area contributed by atoms with Crippen LogP contribution in [0, 0.1) is 5.92 Å². The molecule has 3 rings (SSSR count). The molecule has 138 valence electrons. The molecule has 26 heavy (non-hydrogen) atoms. The number of benzene rings is 1. The van der Waals surface area contributed by atoms with E-state index in [9.17, 15) is 9.59 Å². The summed E-state index contributed by atoms with van der Waals surface area (Å²) in [5.74, 6) is -0.630. The van der Waals surface area contributed by atoms with Crippen molar-refractivity contribution in [1.82, 2.24) is 9.55 Å². The Bertz CT molecular complexity index is 748. The van der Waals surface area contributed by atoms with Crippen LogP contribution < -0.4 is 0 Å². The molecule has 1 fully saturated rings. The first kappa shape index (κ1) is 18.2. The summed E-state index contributed by atoms with van der Waals surface area (Å²) in [5.41, 5.74) is 1.54. The van der Waals surface area contributed by atoms with Crippen molar-refractivity contribution in [1.29, 1.82) is 0 Å². The van der Waals surface area contributed by atoms with Gasteiger partial charge in [0.1, 0.15) is 11.8 Å². The van der Waals surface area contributed by atoms with Gasteiger partial charge >= 0.3 is 11.9 Å². The monoisotopic (exact) mass is 356 g/mol. The third-order valence-electron chi connectivity index (χ3n) is 5.06. The second-order valence-electron chi connectivity index (χ2n) is 6.67. The van der Waals surface area contributed by atoms with Crippen LogP contribution >= 0.6 is 0 Å². The molecule has 0 N–H and O–H groups in total. The molecule has 6 nitrogen and oxygen atoms in total. The number of nitrogens with zero attached hydrogens (tertiary/aromatic N) is 2. The first-order valence-corrected chi connectivity index (χ1v) is 8.95. The summed E-state index contributed by atoms with van der Waals surface area (Å²) in [6.45, 7) is 2.02. The Balaban J connectivity index is 1.63. The lowest BCUT2D eigenvalue weighted by Crippen LogP contribution is -2.29. The number of hydrogen-bond acceptors (Lipinski definition) is 5. The van der Waals surface area contributed by atoms with Gasteiger partial charge in [-0.15, -0.1) is 0 Å². The lowest BCUT2D eigenvalue weighted by molar-refractivity contribution is -0.147. The molecule has 1 saturated carbocycles. The van der Waals surface area contributed by atoms with Crippen LogP contribution in [0.1, 0.15) is 54.7 Å². The minimum atomic E-state index is -0.369. The van der Waals surface area contributed by atoms with E-state index in [2.05, 4.69) is 4.98 Å². The van der Waals surface area contributed by atoms with Crippen molar-refractivity contribution >= 4 is 11.9 Å². The largest absolute Gasteiger partial charge is 0.469 e. The van der Waals surface area contributed by atoms with Gasteiger partial charge in [0.05, 0.1) is 31.6 Å². The average Bonchev–Trinajstić information content (AvgIpc) is 3.18. The third kappa shape index (κ3) is 3.95. The number of carbonyl (C=O) groups excluding carboxylic acids is 2. The molecule has 0 amide bonds. The number of rotatable bonds is 5. The molecule has 1 atom stereocenters. The topological polar surface area (TPSA) is 70.4 Å². The number of hydrogen-bond donors (Lipinski definition) is 0. The van der Waals surface area contributed by atoms with Crippen LogP contribution in [-0.4, -0.2) is 34.7 Å². The lowest BCUT2D eigenvalue weighted by Gasteiger charge is -2.27. The zero-order valence-corrected chi connectivity index (χ0v) is 15.1. The zero-order chi connectivity index (χ0) is 18.5. The molecular weight excluding hydrogens is 332 g/mol. The maximum absolute atomic E-state index is 12.6. The first-order valence-electron chi connectivity index (χ1n) is 8.95. The molecule has 1 aliphatic carbocycles. The van der Waals surface area contributed by atoms with E-state index in [1.54, 1.807) is 12.5 Å². The van der Waals surface area contributed by atoms with Crippen molar-refractivity contribution in [3.8, 4) is 0 Å². The quantitative estimate of drug-likeness (QED) is 0.768. The predicted octanol–water partition coefficient (Wildman–Crippen LogP) is 3.38. The Morgan fingerprint density at radius 2 is 1.85 bits per heavy atom. The summed E-state index contributed by atoms with van der Waals surface area (Å²) in [4.78, 5) is 28.4. The minimum absolute atomic E-state index is 0.0173. The Labute approximate surface area is 153 Å². The predicted molar refractivity (Wildman–Crippen MR) is 95.7 cm³/mol. The fourth-order valence-corrected chi connectivity index (χ4v) is 3.46. The molecule has 0 saturated heterocycles. The van der Waals surface area contributed by atoms with E-state index in [1.165, 1.54) is 7.11 Å². The molecule has 6 heteroatoms. The molecule has 0 bridgehead atoms. The molecule has 1 aromatic heterocycles.